The van der Waals surface area contributed by atoms with Gasteiger partial charge in [-0.25, -0.2) is 4.79 Å². The fraction of sp³-hybridized carbons (Fsp3) is 0.188. The van der Waals surface area contributed by atoms with Crippen molar-refractivity contribution in [3.05, 3.63) is 57.7 Å². The van der Waals surface area contributed by atoms with Crippen molar-refractivity contribution in [2.75, 3.05) is 7.11 Å². The number of hydrogen-bond donors (Lipinski definition) is 1. The highest BCUT2D eigenvalue weighted by atomic mass is 127. The molecule has 0 aliphatic heterocycles. The second kappa shape index (κ2) is 7.31. The van der Waals surface area contributed by atoms with Crippen molar-refractivity contribution in [2.45, 2.75) is 12.5 Å². The fourth-order valence-corrected chi connectivity index (χ4v) is 2.19. The second-order valence-corrected chi connectivity index (χ2v) is 5.70. The summed E-state index contributed by atoms with van der Waals surface area (Å²) in [7, 11) is 1.58. The number of halogens is 1. The SMILES string of the molecule is COc1ccc(O[C@@H](Cc2ccc(I)cc2)C(=O)O)cc1. The van der Waals surface area contributed by atoms with E-state index in [-0.39, 0.29) is 0 Å². The summed E-state index contributed by atoms with van der Waals surface area (Å²) < 4.78 is 11.7. The molecule has 0 aliphatic rings. The van der Waals surface area contributed by atoms with E-state index < -0.39 is 12.1 Å². The van der Waals surface area contributed by atoms with Gasteiger partial charge >= 0.3 is 5.97 Å². The Bertz CT molecular complexity index is 593. The maximum Gasteiger partial charge on any atom is 0.345 e. The van der Waals surface area contributed by atoms with Crippen LogP contribution in [0.15, 0.2) is 48.5 Å². The van der Waals surface area contributed by atoms with E-state index in [2.05, 4.69) is 22.6 Å². The maximum atomic E-state index is 11.3. The molecule has 0 radical (unpaired) electrons. The summed E-state index contributed by atoms with van der Waals surface area (Å²) in [6, 6.07) is 14.6. The van der Waals surface area contributed by atoms with Gasteiger partial charge in [-0.15, -0.1) is 0 Å². The highest BCUT2D eigenvalue weighted by molar-refractivity contribution is 14.1. The quantitative estimate of drug-likeness (QED) is 0.759. The Morgan fingerprint density at radius 2 is 1.67 bits per heavy atom. The lowest BCUT2D eigenvalue weighted by Crippen LogP contribution is -2.29. The van der Waals surface area contributed by atoms with E-state index in [1.165, 1.54) is 0 Å². The van der Waals surface area contributed by atoms with Crippen LogP contribution in [-0.4, -0.2) is 24.3 Å². The van der Waals surface area contributed by atoms with Gasteiger partial charge in [-0.05, 0) is 64.6 Å². The van der Waals surface area contributed by atoms with Crippen molar-refractivity contribution in [3.63, 3.8) is 0 Å². The molecule has 0 heterocycles. The van der Waals surface area contributed by atoms with Crippen LogP contribution in [0.3, 0.4) is 0 Å². The van der Waals surface area contributed by atoms with Gasteiger partial charge in [-0.3, -0.25) is 0 Å². The van der Waals surface area contributed by atoms with Crippen molar-refractivity contribution in [2.24, 2.45) is 0 Å². The molecule has 2 aromatic rings. The summed E-state index contributed by atoms with van der Waals surface area (Å²) >= 11 is 2.21. The van der Waals surface area contributed by atoms with Crippen molar-refractivity contribution in [1.82, 2.24) is 0 Å². The van der Waals surface area contributed by atoms with Gasteiger partial charge in [0.15, 0.2) is 6.10 Å². The molecule has 0 amide bonds. The molecule has 21 heavy (non-hydrogen) atoms. The van der Waals surface area contributed by atoms with Gasteiger partial charge in [0, 0.05) is 9.99 Å². The average Bonchev–Trinajstić information content (AvgIpc) is 2.49. The third-order valence-electron chi connectivity index (χ3n) is 2.95. The Hall–Kier alpha value is -1.76. The van der Waals surface area contributed by atoms with Crippen LogP contribution in [0, 0.1) is 3.57 Å². The first kappa shape index (κ1) is 15.6. The monoisotopic (exact) mass is 398 g/mol. The second-order valence-electron chi connectivity index (χ2n) is 4.45. The van der Waals surface area contributed by atoms with Gasteiger partial charge in [0.05, 0.1) is 7.11 Å². The summed E-state index contributed by atoms with van der Waals surface area (Å²) in [5.74, 6) is 0.227. The number of methoxy groups -OCH3 is 1. The van der Waals surface area contributed by atoms with E-state index in [1.54, 1.807) is 31.4 Å². The van der Waals surface area contributed by atoms with Gasteiger partial charge < -0.3 is 14.6 Å². The minimum atomic E-state index is -0.982. The Kier molecular flexibility index (Phi) is 5.44. The molecule has 110 valence electrons. The average molecular weight is 398 g/mol. The van der Waals surface area contributed by atoms with Crippen LogP contribution in [0.5, 0.6) is 11.5 Å². The minimum absolute atomic E-state index is 0.318. The van der Waals surface area contributed by atoms with E-state index in [9.17, 15) is 9.90 Å². The van der Waals surface area contributed by atoms with E-state index >= 15 is 0 Å². The lowest BCUT2D eigenvalue weighted by molar-refractivity contribution is -0.145. The first-order valence-corrected chi connectivity index (χ1v) is 7.44. The normalized spacial score (nSPS) is 11.7. The molecule has 0 bridgehead atoms. The molecule has 0 aromatic heterocycles. The molecule has 5 heteroatoms. The first-order chi connectivity index (χ1) is 10.1. The predicted molar refractivity (Wildman–Crippen MR) is 87.9 cm³/mol. The Balaban J connectivity index is 2.07. The first-order valence-electron chi connectivity index (χ1n) is 6.36. The summed E-state index contributed by atoms with van der Waals surface area (Å²) in [5.41, 5.74) is 0.927. The van der Waals surface area contributed by atoms with Crippen LogP contribution in [0.1, 0.15) is 5.56 Å². The van der Waals surface area contributed by atoms with Crippen LogP contribution >= 0.6 is 22.6 Å². The number of carbonyl (C=O) groups is 1. The zero-order valence-corrected chi connectivity index (χ0v) is 13.6. The van der Waals surface area contributed by atoms with Crippen LogP contribution in [-0.2, 0) is 11.2 Å². The standard InChI is InChI=1S/C16H15IO4/c1-20-13-6-8-14(9-7-13)21-15(16(18)19)10-11-2-4-12(17)5-3-11/h2-9,15H,10H2,1H3,(H,18,19)/t15-/m0/s1. The topological polar surface area (TPSA) is 55.8 Å². The summed E-state index contributed by atoms with van der Waals surface area (Å²) in [4.78, 5) is 11.3. The largest absolute Gasteiger partial charge is 0.497 e. The highest BCUT2D eigenvalue weighted by Gasteiger charge is 2.20. The molecular weight excluding hydrogens is 383 g/mol. The van der Waals surface area contributed by atoms with Crippen LogP contribution in [0.25, 0.3) is 0 Å². The van der Waals surface area contributed by atoms with Crippen LogP contribution in [0.2, 0.25) is 0 Å². The number of aliphatic carboxylic acids is 1. The van der Waals surface area contributed by atoms with Crippen LogP contribution in [0.4, 0.5) is 0 Å². The van der Waals surface area contributed by atoms with Gasteiger partial charge in [0.2, 0.25) is 0 Å². The molecule has 0 unspecified atom stereocenters. The third kappa shape index (κ3) is 4.63. The summed E-state index contributed by atoms with van der Waals surface area (Å²) in [6.07, 6.45) is -0.600. The van der Waals surface area contributed by atoms with Gasteiger partial charge in [0.1, 0.15) is 11.5 Å². The lowest BCUT2D eigenvalue weighted by atomic mass is 10.1. The van der Waals surface area contributed by atoms with E-state index in [4.69, 9.17) is 9.47 Å². The molecule has 0 saturated heterocycles. The van der Waals surface area contributed by atoms with E-state index in [1.807, 2.05) is 24.3 Å². The van der Waals surface area contributed by atoms with Crippen molar-refractivity contribution in [3.8, 4) is 11.5 Å². The smallest absolute Gasteiger partial charge is 0.345 e. The highest BCUT2D eigenvalue weighted by Crippen LogP contribution is 2.19. The van der Waals surface area contributed by atoms with Gasteiger partial charge in [-0.1, -0.05) is 12.1 Å². The zero-order valence-electron chi connectivity index (χ0n) is 11.5. The summed E-state index contributed by atoms with van der Waals surface area (Å²) in [5, 5.41) is 9.30. The minimum Gasteiger partial charge on any atom is -0.497 e. The Morgan fingerprint density at radius 3 is 2.19 bits per heavy atom. The zero-order chi connectivity index (χ0) is 15.2. The van der Waals surface area contributed by atoms with E-state index in [0.717, 1.165) is 9.13 Å². The number of carboxylic acid groups (broad SMARTS) is 1. The third-order valence-corrected chi connectivity index (χ3v) is 3.67. The van der Waals surface area contributed by atoms with Crippen molar-refractivity contribution < 1.29 is 19.4 Å². The van der Waals surface area contributed by atoms with Crippen molar-refractivity contribution in [1.29, 1.82) is 0 Å². The Morgan fingerprint density at radius 1 is 1.10 bits per heavy atom. The lowest BCUT2D eigenvalue weighted by Gasteiger charge is -2.15. The molecule has 0 fully saturated rings. The molecule has 1 atom stereocenters. The molecule has 0 aliphatic carbocycles. The number of carboxylic acids is 1. The van der Waals surface area contributed by atoms with E-state index in [0.29, 0.717) is 17.9 Å². The Labute approximate surface area is 136 Å². The van der Waals surface area contributed by atoms with Crippen LogP contribution < -0.4 is 9.47 Å². The molecular formula is C16H15IO4. The molecule has 2 aromatic carbocycles. The molecule has 4 nitrogen and oxygen atoms in total. The number of rotatable bonds is 6. The number of hydrogen-bond acceptors (Lipinski definition) is 3. The molecule has 0 spiro atoms. The van der Waals surface area contributed by atoms with Gasteiger partial charge in [0.25, 0.3) is 0 Å². The number of ether oxygens (including phenoxy) is 2. The molecule has 1 N–H and O–H groups in total. The molecule has 2 rings (SSSR count). The predicted octanol–water partition coefficient (Wildman–Crippen LogP) is 3.37. The summed E-state index contributed by atoms with van der Waals surface area (Å²) in [6.45, 7) is 0. The molecule has 0 saturated carbocycles. The maximum absolute atomic E-state index is 11.3. The van der Waals surface area contributed by atoms with Crippen molar-refractivity contribution >= 4 is 28.6 Å². The van der Waals surface area contributed by atoms with Gasteiger partial charge in [-0.2, -0.15) is 0 Å². The fourth-order valence-electron chi connectivity index (χ4n) is 1.83. The number of benzene rings is 2.